The fraction of sp³-hybridized carbons (Fsp3) is 0.360. The van der Waals surface area contributed by atoms with Gasteiger partial charge in [0.25, 0.3) is 0 Å². The molecule has 1 radical (unpaired) electrons. The molecule has 1 aliphatic rings. The highest BCUT2D eigenvalue weighted by atomic mass is 35.5. The van der Waals surface area contributed by atoms with Crippen LogP contribution in [0.2, 0.25) is 5.02 Å². The minimum absolute atomic E-state index is 0.0134. The van der Waals surface area contributed by atoms with Gasteiger partial charge in [-0.25, -0.2) is 0 Å². The molecule has 0 N–H and O–H groups in total. The Morgan fingerprint density at radius 2 is 2.11 bits per heavy atom. The van der Waals surface area contributed by atoms with E-state index in [4.69, 9.17) is 16.3 Å². The summed E-state index contributed by atoms with van der Waals surface area (Å²) in [7, 11) is 0. The van der Waals surface area contributed by atoms with E-state index in [0.29, 0.717) is 30.5 Å². The Bertz CT molecular complexity index is 1180. The molecule has 9 nitrogen and oxygen atoms in total. The van der Waals surface area contributed by atoms with E-state index in [-0.39, 0.29) is 11.9 Å². The number of halogens is 1. The van der Waals surface area contributed by atoms with Crippen molar-refractivity contribution in [3.63, 3.8) is 0 Å². The molecule has 0 saturated carbocycles. The van der Waals surface area contributed by atoms with Crippen molar-refractivity contribution in [2.45, 2.75) is 33.0 Å². The number of benzene rings is 1. The summed E-state index contributed by atoms with van der Waals surface area (Å²) in [5.41, 5.74) is 2.78. The summed E-state index contributed by atoms with van der Waals surface area (Å²) in [5, 5.41) is 12.8. The number of hydrogen-bond acceptors (Lipinski definition) is 7. The standard InChI is InChI=1S/C25H29ClN7O2/c1-4-35-24-9-8-23(27-14-24)17-31-11-12-32(18(2)15-31)25(34)10-6-20-5-7-22(26)13-21(20)16-33-29-19(3)28-30-33/h5-10,13-14,18H,1,4,11-12,15-17H2,2-3H3/b10-6+/t18-/m1/s1. The van der Waals surface area contributed by atoms with Crippen LogP contribution in [0.25, 0.3) is 6.08 Å². The van der Waals surface area contributed by atoms with Gasteiger partial charge < -0.3 is 9.64 Å². The lowest BCUT2D eigenvalue weighted by Crippen LogP contribution is -2.53. The molecule has 10 heteroatoms. The fourth-order valence-electron chi connectivity index (χ4n) is 4.11. The SMILES string of the molecule is [CH2]COc1ccc(CN2CCN(C(=O)/C=C/c3ccc(Cl)cc3Cn3nnc(C)n3)[C@H](C)C2)nc1. The van der Waals surface area contributed by atoms with Crippen LogP contribution in [-0.4, -0.2) is 73.2 Å². The van der Waals surface area contributed by atoms with Crippen LogP contribution in [0.1, 0.15) is 29.6 Å². The van der Waals surface area contributed by atoms with E-state index in [0.717, 1.165) is 42.2 Å². The lowest BCUT2D eigenvalue weighted by atomic mass is 10.1. The van der Waals surface area contributed by atoms with Crippen molar-refractivity contribution < 1.29 is 9.53 Å². The second-order valence-electron chi connectivity index (χ2n) is 8.49. The first-order valence-corrected chi connectivity index (χ1v) is 11.9. The van der Waals surface area contributed by atoms with Crippen LogP contribution < -0.4 is 4.74 Å². The number of aryl methyl sites for hydroxylation is 1. The van der Waals surface area contributed by atoms with Crippen LogP contribution in [0.5, 0.6) is 5.75 Å². The number of pyridine rings is 1. The predicted molar refractivity (Wildman–Crippen MR) is 134 cm³/mol. The zero-order chi connectivity index (χ0) is 24.8. The van der Waals surface area contributed by atoms with Gasteiger partial charge in [-0.2, -0.15) is 4.80 Å². The number of piperazine rings is 1. The number of carbonyl (C=O) groups excluding carboxylic acids is 1. The smallest absolute Gasteiger partial charge is 0.246 e. The van der Waals surface area contributed by atoms with Gasteiger partial charge in [-0.05, 0) is 67.5 Å². The van der Waals surface area contributed by atoms with Crippen LogP contribution in [-0.2, 0) is 17.9 Å². The zero-order valence-electron chi connectivity index (χ0n) is 20.0. The Kier molecular flexibility index (Phi) is 8.09. The number of nitrogens with zero attached hydrogens (tertiary/aromatic N) is 7. The predicted octanol–water partition coefficient (Wildman–Crippen LogP) is 3.04. The van der Waals surface area contributed by atoms with Crippen LogP contribution in [0, 0.1) is 13.8 Å². The molecule has 2 aromatic heterocycles. The van der Waals surface area contributed by atoms with E-state index < -0.39 is 0 Å². The molecule has 1 fully saturated rings. The number of rotatable bonds is 8. The molecular formula is C25H29ClN7O2. The average Bonchev–Trinajstić information content (AvgIpc) is 3.24. The van der Waals surface area contributed by atoms with Crippen LogP contribution in [0.4, 0.5) is 0 Å². The van der Waals surface area contributed by atoms with E-state index in [9.17, 15) is 4.79 Å². The van der Waals surface area contributed by atoms with Gasteiger partial charge >= 0.3 is 0 Å². The Labute approximate surface area is 210 Å². The van der Waals surface area contributed by atoms with Gasteiger partial charge in [0.05, 0.1) is 25.0 Å². The molecule has 1 saturated heterocycles. The maximum Gasteiger partial charge on any atom is 0.246 e. The molecule has 0 bridgehead atoms. The summed E-state index contributed by atoms with van der Waals surface area (Å²) in [6.45, 7) is 11.3. The van der Waals surface area contributed by atoms with E-state index >= 15 is 0 Å². The number of tetrazole rings is 1. The molecule has 1 aliphatic heterocycles. The first-order valence-electron chi connectivity index (χ1n) is 11.5. The lowest BCUT2D eigenvalue weighted by Gasteiger charge is -2.39. The van der Waals surface area contributed by atoms with Gasteiger partial charge in [0.1, 0.15) is 5.75 Å². The van der Waals surface area contributed by atoms with Crippen LogP contribution in [0.15, 0.2) is 42.6 Å². The van der Waals surface area contributed by atoms with Gasteiger partial charge in [-0.3, -0.25) is 14.7 Å². The third-order valence-electron chi connectivity index (χ3n) is 5.82. The molecular weight excluding hydrogens is 466 g/mol. The van der Waals surface area contributed by atoms with Crippen molar-refractivity contribution in [1.29, 1.82) is 0 Å². The van der Waals surface area contributed by atoms with Gasteiger partial charge in [0.2, 0.25) is 5.91 Å². The quantitative estimate of drug-likeness (QED) is 0.444. The summed E-state index contributed by atoms with van der Waals surface area (Å²) in [6, 6.07) is 9.52. The van der Waals surface area contributed by atoms with E-state index in [1.807, 2.05) is 41.3 Å². The summed E-state index contributed by atoms with van der Waals surface area (Å²) < 4.78 is 5.35. The number of amides is 1. The second kappa shape index (κ2) is 11.4. The largest absolute Gasteiger partial charge is 0.492 e. The molecule has 0 unspecified atom stereocenters. The van der Waals surface area contributed by atoms with Crippen molar-refractivity contribution in [2.75, 3.05) is 26.2 Å². The molecule has 183 valence electrons. The maximum absolute atomic E-state index is 13.0. The van der Waals surface area contributed by atoms with Crippen molar-refractivity contribution in [1.82, 2.24) is 35.0 Å². The Balaban J connectivity index is 1.36. The summed E-state index contributed by atoms with van der Waals surface area (Å²) >= 11 is 6.20. The Morgan fingerprint density at radius 1 is 1.26 bits per heavy atom. The third-order valence-corrected chi connectivity index (χ3v) is 6.06. The molecule has 3 heterocycles. The van der Waals surface area contributed by atoms with Crippen LogP contribution in [0.3, 0.4) is 0 Å². The van der Waals surface area contributed by atoms with E-state index in [2.05, 4.69) is 39.1 Å². The molecule has 3 aromatic rings. The Morgan fingerprint density at radius 3 is 2.80 bits per heavy atom. The monoisotopic (exact) mass is 494 g/mol. The maximum atomic E-state index is 13.0. The minimum Gasteiger partial charge on any atom is -0.492 e. The van der Waals surface area contributed by atoms with Gasteiger partial charge in [0.15, 0.2) is 5.82 Å². The van der Waals surface area contributed by atoms with Crippen molar-refractivity contribution in [2.24, 2.45) is 0 Å². The normalized spacial score (nSPS) is 16.7. The number of hydrogen-bond donors (Lipinski definition) is 0. The minimum atomic E-state index is -0.0134. The van der Waals surface area contributed by atoms with Crippen molar-refractivity contribution in [3.8, 4) is 5.75 Å². The highest BCUT2D eigenvalue weighted by Crippen LogP contribution is 2.20. The second-order valence-corrected chi connectivity index (χ2v) is 8.93. The lowest BCUT2D eigenvalue weighted by molar-refractivity contribution is -0.130. The topological polar surface area (TPSA) is 89.3 Å². The average molecular weight is 495 g/mol. The first kappa shape index (κ1) is 24.8. The molecule has 0 spiro atoms. The molecule has 1 amide bonds. The molecule has 1 aromatic carbocycles. The number of aromatic nitrogens is 5. The van der Waals surface area contributed by atoms with Crippen molar-refractivity contribution >= 4 is 23.6 Å². The van der Waals surface area contributed by atoms with Gasteiger partial charge in [-0.1, -0.05) is 17.7 Å². The Hall–Kier alpha value is -3.30. The van der Waals surface area contributed by atoms with Gasteiger partial charge in [-0.15, -0.1) is 10.2 Å². The molecule has 0 aliphatic carbocycles. The van der Waals surface area contributed by atoms with Gasteiger partial charge in [0, 0.05) is 43.3 Å². The summed E-state index contributed by atoms with van der Waals surface area (Å²) in [6.07, 6.45) is 5.18. The van der Waals surface area contributed by atoms with Crippen molar-refractivity contribution in [3.05, 3.63) is 77.2 Å². The van der Waals surface area contributed by atoms with E-state index in [1.54, 1.807) is 19.2 Å². The van der Waals surface area contributed by atoms with Crippen LogP contribution >= 0.6 is 11.6 Å². The number of ether oxygens (including phenoxy) is 1. The van der Waals surface area contributed by atoms with E-state index in [1.165, 1.54) is 4.80 Å². The zero-order valence-corrected chi connectivity index (χ0v) is 20.7. The fourth-order valence-corrected chi connectivity index (χ4v) is 4.31. The summed E-state index contributed by atoms with van der Waals surface area (Å²) in [5.74, 6) is 1.31. The highest BCUT2D eigenvalue weighted by Gasteiger charge is 2.26. The molecule has 4 rings (SSSR count). The number of carbonyl (C=O) groups is 1. The third kappa shape index (κ3) is 6.64. The molecule has 1 atom stereocenters. The molecule has 35 heavy (non-hydrogen) atoms. The summed E-state index contributed by atoms with van der Waals surface area (Å²) in [4.78, 5) is 23.2. The first-order chi connectivity index (χ1) is 16.9. The highest BCUT2D eigenvalue weighted by molar-refractivity contribution is 6.30.